The van der Waals surface area contributed by atoms with Crippen molar-refractivity contribution in [2.45, 2.75) is 26.3 Å². The quantitative estimate of drug-likeness (QED) is 0.538. The Balaban J connectivity index is 3.83. The molecule has 1 unspecified atom stereocenters. The molecule has 0 aliphatic heterocycles. The predicted octanol–water partition coefficient (Wildman–Crippen LogP) is 0.969. The van der Waals surface area contributed by atoms with Gasteiger partial charge in [-0.15, -0.1) is 0 Å². The van der Waals surface area contributed by atoms with Crippen molar-refractivity contribution < 1.29 is 9.47 Å². The third-order valence-electron chi connectivity index (χ3n) is 2.78. The van der Waals surface area contributed by atoms with E-state index in [2.05, 4.69) is 24.1 Å². The Bertz CT molecular complexity index is 137. The maximum Gasteiger partial charge on any atom is 0.0589 e. The summed E-state index contributed by atoms with van der Waals surface area (Å²) in [6.45, 7) is 10.1. The van der Waals surface area contributed by atoms with Crippen LogP contribution in [0.1, 0.15) is 20.3 Å². The topological polar surface area (TPSA) is 33.7 Å². The second-order valence-electron chi connectivity index (χ2n) is 4.01. The molecule has 0 aromatic heterocycles. The second kappa shape index (κ2) is 11.3. The molecule has 0 saturated heterocycles. The highest BCUT2D eigenvalue weighted by Crippen LogP contribution is 2.03. The normalized spacial score (nSPS) is 13.3. The van der Waals surface area contributed by atoms with Gasteiger partial charge >= 0.3 is 0 Å². The standard InChI is InChI=1S/C12H28N2O2/c1-5-13-7-6-12(2)14(8-10-15-3)9-11-16-4/h12-13H,5-11H2,1-4H3. The van der Waals surface area contributed by atoms with Gasteiger partial charge in [-0.1, -0.05) is 6.92 Å². The van der Waals surface area contributed by atoms with Crippen LogP contribution in [0.25, 0.3) is 0 Å². The molecule has 0 rings (SSSR count). The van der Waals surface area contributed by atoms with Crippen LogP contribution < -0.4 is 5.32 Å². The number of nitrogens with zero attached hydrogens (tertiary/aromatic N) is 1. The molecular formula is C12H28N2O2. The highest BCUT2D eigenvalue weighted by Gasteiger charge is 2.12. The fraction of sp³-hybridized carbons (Fsp3) is 1.00. The Hall–Kier alpha value is -0.160. The van der Waals surface area contributed by atoms with Crippen molar-refractivity contribution in [1.29, 1.82) is 0 Å². The third-order valence-corrected chi connectivity index (χ3v) is 2.78. The fourth-order valence-electron chi connectivity index (χ4n) is 1.64. The Morgan fingerprint density at radius 3 is 2.12 bits per heavy atom. The summed E-state index contributed by atoms with van der Waals surface area (Å²) in [4.78, 5) is 2.42. The Labute approximate surface area is 100 Å². The molecule has 1 N–H and O–H groups in total. The minimum absolute atomic E-state index is 0.573. The first-order valence-electron chi connectivity index (χ1n) is 6.18. The lowest BCUT2D eigenvalue weighted by Crippen LogP contribution is -2.39. The summed E-state index contributed by atoms with van der Waals surface area (Å²) in [5.41, 5.74) is 0. The highest BCUT2D eigenvalue weighted by atomic mass is 16.5. The van der Waals surface area contributed by atoms with Gasteiger partial charge in [-0.2, -0.15) is 0 Å². The zero-order valence-corrected chi connectivity index (χ0v) is 11.3. The lowest BCUT2D eigenvalue weighted by molar-refractivity contribution is 0.0895. The summed E-state index contributed by atoms with van der Waals surface area (Å²) in [6.07, 6.45) is 1.17. The van der Waals surface area contributed by atoms with Gasteiger partial charge in [-0.05, 0) is 26.4 Å². The lowest BCUT2D eigenvalue weighted by Gasteiger charge is -2.28. The zero-order valence-electron chi connectivity index (χ0n) is 11.3. The van der Waals surface area contributed by atoms with E-state index in [1.807, 2.05) is 0 Å². The van der Waals surface area contributed by atoms with E-state index in [1.54, 1.807) is 14.2 Å². The van der Waals surface area contributed by atoms with Crippen molar-refractivity contribution in [1.82, 2.24) is 10.2 Å². The van der Waals surface area contributed by atoms with Crippen LogP contribution in [0.4, 0.5) is 0 Å². The van der Waals surface area contributed by atoms with E-state index in [1.165, 1.54) is 6.42 Å². The summed E-state index contributed by atoms with van der Waals surface area (Å²) in [5.74, 6) is 0. The predicted molar refractivity (Wildman–Crippen MR) is 67.9 cm³/mol. The largest absolute Gasteiger partial charge is 0.383 e. The molecule has 0 saturated carbocycles. The molecule has 16 heavy (non-hydrogen) atoms. The summed E-state index contributed by atoms with van der Waals surface area (Å²) in [7, 11) is 3.50. The summed E-state index contributed by atoms with van der Waals surface area (Å²) < 4.78 is 10.3. The van der Waals surface area contributed by atoms with E-state index in [0.29, 0.717) is 6.04 Å². The molecule has 4 nitrogen and oxygen atoms in total. The average molecular weight is 232 g/mol. The molecule has 0 aromatic rings. The number of nitrogens with one attached hydrogen (secondary N) is 1. The molecular weight excluding hydrogens is 204 g/mol. The molecule has 0 aromatic carbocycles. The van der Waals surface area contributed by atoms with Gasteiger partial charge in [0.2, 0.25) is 0 Å². The van der Waals surface area contributed by atoms with Crippen LogP contribution >= 0.6 is 0 Å². The maximum atomic E-state index is 5.13. The SMILES string of the molecule is CCNCCC(C)N(CCOC)CCOC. The minimum Gasteiger partial charge on any atom is -0.383 e. The second-order valence-corrected chi connectivity index (χ2v) is 4.01. The molecule has 0 amide bonds. The maximum absolute atomic E-state index is 5.13. The lowest BCUT2D eigenvalue weighted by atomic mass is 10.2. The minimum atomic E-state index is 0.573. The molecule has 0 fully saturated rings. The number of ether oxygens (including phenoxy) is 2. The first-order valence-corrected chi connectivity index (χ1v) is 6.18. The van der Waals surface area contributed by atoms with E-state index in [0.717, 1.165) is 39.4 Å². The van der Waals surface area contributed by atoms with Crippen LogP contribution in [0.5, 0.6) is 0 Å². The van der Waals surface area contributed by atoms with Crippen molar-refractivity contribution in [3.8, 4) is 0 Å². The van der Waals surface area contributed by atoms with E-state index in [4.69, 9.17) is 9.47 Å². The van der Waals surface area contributed by atoms with Gasteiger partial charge in [0.05, 0.1) is 13.2 Å². The van der Waals surface area contributed by atoms with Crippen molar-refractivity contribution in [2.24, 2.45) is 0 Å². The molecule has 1 atom stereocenters. The van der Waals surface area contributed by atoms with Crippen molar-refractivity contribution in [3.05, 3.63) is 0 Å². The molecule has 0 radical (unpaired) electrons. The van der Waals surface area contributed by atoms with Crippen molar-refractivity contribution in [3.63, 3.8) is 0 Å². The van der Waals surface area contributed by atoms with Crippen LogP contribution in [-0.2, 0) is 9.47 Å². The van der Waals surface area contributed by atoms with Gasteiger partial charge < -0.3 is 14.8 Å². The van der Waals surface area contributed by atoms with Gasteiger partial charge in [0.25, 0.3) is 0 Å². The van der Waals surface area contributed by atoms with Crippen LogP contribution in [0.15, 0.2) is 0 Å². The smallest absolute Gasteiger partial charge is 0.0589 e. The number of hydrogen-bond donors (Lipinski definition) is 1. The Morgan fingerprint density at radius 2 is 1.69 bits per heavy atom. The van der Waals surface area contributed by atoms with E-state index in [9.17, 15) is 0 Å². The third kappa shape index (κ3) is 8.05. The monoisotopic (exact) mass is 232 g/mol. The number of hydrogen-bond acceptors (Lipinski definition) is 4. The van der Waals surface area contributed by atoms with E-state index < -0.39 is 0 Å². The molecule has 0 heterocycles. The summed E-state index contributed by atoms with van der Waals surface area (Å²) in [5, 5.41) is 3.36. The van der Waals surface area contributed by atoms with Gasteiger partial charge in [-0.25, -0.2) is 0 Å². The van der Waals surface area contributed by atoms with Crippen LogP contribution in [0, 0.1) is 0 Å². The molecule has 0 aliphatic rings. The van der Waals surface area contributed by atoms with Gasteiger partial charge in [-0.3, -0.25) is 4.90 Å². The summed E-state index contributed by atoms with van der Waals surface area (Å²) in [6, 6.07) is 0.573. The number of rotatable bonds is 11. The van der Waals surface area contributed by atoms with Gasteiger partial charge in [0, 0.05) is 33.4 Å². The van der Waals surface area contributed by atoms with Crippen LogP contribution in [-0.4, -0.2) is 64.6 Å². The van der Waals surface area contributed by atoms with Crippen LogP contribution in [0.2, 0.25) is 0 Å². The fourth-order valence-corrected chi connectivity index (χ4v) is 1.64. The molecule has 98 valence electrons. The van der Waals surface area contributed by atoms with Gasteiger partial charge in [0.1, 0.15) is 0 Å². The van der Waals surface area contributed by atoms with Crippen molar-refractivity contribution >= 4 is 0 Å². The molecule has 0 aliphatic carbocycles. The Kier molecular flexibility index (Phi) is 11.2. The first kappa shape index (κ1) is 15.8. The molecule has 0 bridgehead atoms. The average Bonchev–Trinajstić information content (AvgIpc) is 2.29. The zero-order chi connectivity index (χ0) is 12.2. The first-order chi connectivity index (χ1) is 7.76. The van der Waals surface area contributed by atoms with E-state index >= 15 is 0 Å². The highest BCUT2D eigenvalue weighted by molar-refractivity contribution is 4.68. The molecule has 0 spiro atoms. The van der Waals surface area contributed by atoms with Crippen molar-refractivity contribution in [2.75, 3.05) is 53.6 Å². The summed E-state index contributed by atoms with van der Waals surface area (Å²) >= 11 is 0. The molecule has 4 heteroatoms. The van der Waals surface area contributed by atoms with Gasteiger partial charge in [0.15, 0.2) is 0 Å². The van der Waals surface area contributed by atoms with Crippen LogP contribution in [0.3, 0.4) is 0 Å². The number of methoxy groups -OCH3 is 2. The Morgan fingerprint density at radius 1 is 1.12 bits per heavy atom. The van der Waals surface area contributed by atoms with E-state index in [-0.39, 0.29) is 0 Å².